The monoisotopic (exact) mass is 489 g/mol. The van der Waals surface area contributed by atoms with Crippen molar-refractivity contribution in [2.24, 2.45) is 11.5 Å². The normalized spacial score (nSPS) is 13.0. The van der Waals surface area contributed by atoms with Gasteiger partial charge in [-0.1, -0.05) is 43.6 Å². The second-order valence-corrected chi connectivity index (χ2v) is 7.91. The first-order valence-corrected chi connectivity index (χ1v) is 10.3. The molecule has 0 bridgehead atoms. The first-order valence-electron chi connectivity index (χ1n) is 8.76. The first kappa shape index (κ1) is 33.5. The number of thioether (sulfide) groups is 1. The molecule has 0 saturated carbocycles. The van der Waals surface area contributed by atoms with Crippen LogP contribution in [0.4, 0.5) is 0 Å². The zero-order valence-electron chi connectivity index (χ0n) is 17.0. The van der Waals surface area contributed by atoms with Gasteiger partial charge in [0, 0.05) is 28.9 Å². The number of nitrogens with two attached hydrogens (primary N) is 2. The number of benzene rings is 1. The average Bonchev–Trinajstić information content (AvgIpc) is 2.63. The molecular formula is C18H33Cl2N3O6S. The molecule has 0 heterocycles. The SMILES string of the molecule is CC(C)NCC(O)c1ccccc1Cl.Cl.NC(CCSCC(N)C(=O)O)C(=O)O.O. The van der Waals surface area contributed by atoms with Gasteiger partial charge in [-0.2, -0.15) is 11.8 Å². The molecule has 0 aromatic heterocycles. The van der Waals surface area contributed by atoms with E-state index < -0.39 is 30.1 Å². The second kappa shape index (κ2) is 18.6. The summed E-state index contributed by atoms with van der Waals surface area (Å²) in [4.78, 5) is 20.6. The second-order valence-electron chi connectivity index (χ2n) is 6.35. The Morgan fingerprint density at radius 1 is 1.13 bits per heavy atom. The highest BCUT2D eigenvalue weighted by Gasteiger charge is 2.13. The molecule has 9 nitrogen and oxygen atoms in total. The molecule has 3 atom stereocenters. The summed E-state index contributed by atoms with van der Waals surface area (Å²) in [5, 5.41) is 30.4. The van der Waals surface area contributed by atoms with E-state index in [1.165, 1.54) is 11.8 Å². The van der Waals surface area contributed by atoms with Gasteiger partial charge in [0.1, 0.15) is 12.1 Å². The summed E-state index contributed by atoms with van der Waals surface area (Å²) >= 11 is 7.23. The van der Waals surface area contributed by atoms with Crippen molar-refractivity contribution in [3.8, 4) is 0 Å². The van der Waals surface area contributed by atoms with Crippen LogP contribution in [0.5, 0.6) is 0 Å². The fraction of sp³-hybridized carbons (Fsp3) is 0.556. The van der Waals surface area contributed by atoms with Gasteiger partial charge in [-0.05, 0) is 18.2 Å². The van der Waals surface area contributed by atoms with E-state index >= 15 is 0 Å². The number of aliphatic carboxylic acids is 2. The number of aliphatic hydroxyl groups is 1. The summed E-state index contributed by atoms with van der Waals surface area (Å²) < 4.78 is 0. The van der Waals surface area contributed by atoms with Crippen molar-refractivity contribution >= 4 is 47.7 Å². The minimum absolute atomic E-state index is 0. The lowest BCUT2D eigenvalue weighted by atomic mass is 10.1. The van der Waals surface area contributed by atoms with Gasteiger partial charge in [-0.3, -0.25) is 9.59 Å². The van der Waals surface area contributed by atoms with Gasteiger partial charge in [0.25, 0.3) is 0 Å². The fourth-order valence-electron chi connectivity index (χ4n) is 1.82. The number of carbonyl (C=O) groups is 2. The molecule has 0 spiro atoms. The van der Waals surface area contributed by atoms with Gasteiger partial charge < -0.3 is 37.6 Å². The van der Waals surface area contributed by atoms with E-state index in [4.69, 9.17) is 33.3 Å². The van der Waals surface area contributed by atoms with E-state index in [0.29, 0.717) is 29.8 Å². The van der Waals surface area contributed by atoms with Gasteiger partial charge in [0.15, 0.2) is 0 Å². The van der Waals surface area contributed by atoms with Crippen molar-refractivity contribution in [2.45, 2.75) is 44.5 Å². The summed E-state index contributed by atoms with van der Waals surface area (Å²) in [6.07, 6.45) is -0.224. The summed E-state index contributed by atoms with van der Waals surface area (Å²) in [6.45, 7) is 4.61. The molecule has 0 radical (unpaired) electrons. The Bertz CT molecular complexity index is 591. The number of aliphatic hydroxyl groups excluding tert-OH is 1. The topological polar surface area (TPSA) is 190 Å². The Hall–Kier alpha value is -1.11. The molecule has 0 aliphatic rings. The van der Waals surface area contributed by atoms with Crippen molar-refractivity contribution in [3.05, 3.63) is 34.9 Å². The van der Waals surface area contributed by atoms with Crippen LogP contribution in [0.2, 0.25) is 5.02 Å². The van der Waals surface area contributed by atoms with E-state index in [-0.39, 0.29) is 23.6 Å². The van der Waals surface area contributed by atoms with Crippen LogP contribution in [0.15, 0.2) is 24.3 Å². The standard InChI is InChI=1S/C11H16ClNO.C7H14N2O4S.ClH.H2O/c1-8(2)13-7-11(14)9-5-3-4-6-10(9)12;8-4(6(10)11)1-2-14-3-5(9)7(12)13;;/h3-6,8,11,13-14H,7H2,1-2H3;4-5H,1-3,8-9H2,(H,10,11)(H,12,13);1H;1H2. The number of carboxylic acid groups (broad SMARTS) is 2. The molecule has 0 fully saturated rings. The number of halogens is 2. The van der Waals surface area contributed by atoms with Crippen LogP contribution in [-0.4, -0.2) is 68.9 Å². The molecule has 3 unspecified atom stereocenters. The first-order chi connectivity index (χ1) is 13.1. The predicted molar refractivity (Wildman–Crippen MR) is 124 cm³/mol. The number of carboxylic acids is 2. The Balaban J connectivity index is -0.000000456. The molecule has 30 heavy (non-hydrogen) atoms. The van der Waals surface area contributed by atoms with E-state index in [1.54, 1.807) is 6.07 Å². The molecular weight excluding hydrogens is 457 g/mol. The Labute approximate surface area is 192 Å². The minimum Gasteiger partial charge on any atom is -0.480 e. The van der Waals surface area contributed by atoms with E-state index in [9.17, 15) is 14.7 Å². The van der Waals surface area contributed by atoms with Crippen molar-refractivity contribution in [2.75, 3.05) is 18.1 Å². The third-order valence-corrected chi connectivity index (χ3v) is 4.95. The van der Waals surface area contributed by atoms with Crippen LogP contribution in [0, 0.1) is 0 Å². The van der Waals surface area contributed by atoms with Crippen LogP contribution < -0.4 is 16.8 Å². The summed E-state index contributed by atoms with van der Waals surface area (Å²) in [7, 11) is 0. The van der Waals surface area contributed by atoms with Gasteiger partial charge >= 0.3 is 11.9 Å². The Kier molecular flexibility index (Phi) is 20.8. The highest BCUT2D eigenvalue weighted by atomic mass is 35.5. The van der Waals surface area contributed by atoms with Crippen LogP contribution in [0.3, 0.4) is 0 Å². The quantitative estimate of drug-likeness (QED) is 0.245. The molecule has 0 aliphatic heterocycles. The molecule has 10 N–H and O–H groups in total. The number of rotatable bonds is 11. The Morgan fingerprint density at radius 3 is 2.13 bits per heavy atom. The number of hydrogen-bond acceptors (Lipinski definition) is 7. The molecule has 0 saturated heterocycles. The molecule has 1 rings (SSSR count). The van der Waals surface area contributed by atoms with Gasteiger partial charge in [0.2, 0.25) is 0 Å². The molecule has 12 heteroatoms. The van der Waals surface area contributed by atoms with Gasteiger partial charge in [-0.25, -0.2) is 0 Å². The smallest absolute Gasteiger partial charge is 0.321 e. The van der Waals surface area contributed by atoms with E-state index in [2.05, 4.69) is 5.32 Å². The van der Waals surface area contributed by atoms with Crippen molar-refractivity contribution in [1.82, 2.24) is 5.32 Å². The maximum Gasteiger partial charge on any atom is 0.321 e. The van der Waals surface area contributed by atoms with Crippen LogP contribution >= 0.6 is 35.8 Å². The fourth-order valence-corrected chi connectivity index (χ4v) is 3.06. The lowest BCUT2D eigenvalue weighted by molar-refractivity contribution is -0.139. The third-order valence-electron chi connectivity index (χ3n) is 3.49. The van der Waals surface area contributed by atoms with Crippen LogP contribution in [-0.2, 0) is 9.59 Å². The van der Waals surface area contributed by atoms with Crippen LogP contribution in [0.25, 0.3) is 0 Å². The van der Waals surface area contributed by atoms with Crippen molar-refractivity contribution in [1.29, 1.82) is 0 Å². The van der Waals surface area contributed by atoms with Crippen molar-refractivity contribution in [3.63, 3.8) is 0 Å². The molecule has 176 valence electrons. The third kappa shape index (κ3) is 15.7. The predicted octanol–water partition coefficient (Wildman–Crippen LogP) is 0.902. The van der Waals surface area contributed by atoms with E-state index in [0.717, 1.165) is 5.56 Å². The van der Waals surface area contributed by atoms with Gasteiger partial charge in [-0.15, -0.1) is 12.4 Å². The van der Waals surface area contributed by atoms with Crippen LogP contribution in [0.1, 0.15) is 31.9 Å². The molecule has 0 aliphatic carbocycles. The molecule has 1 aromatic carbocycles. The zero-order valence-corrected chi connectivity index (χ0v) is 19.3. The minimum atomic E-state index is -1.06. The van der Waals surface area contributed by atoms with Gasteiger partial charge in [0.05, 0.1) is 6.10 Å². The lowest BCUT2D eigenvalue weighted by Gasteiger charge is -2.15. The van der Waals surface area contributed by atoms with E-state index in [1.807, 2.05) is 32.0 Å². The maximum atomic E-state index is 10.3. The molecule has 1 aromatic rings. The number of nitrogens with one attached hydrogen (secondary N) is 1. The van der Waals surface area contributed by atoms with Crippen molar-refractivity contribution < 1.29 is 30.4 Å². The summed E-state index contributed by atoms with van der Waals surface area (Å²) in [6, 6.07) is 5.94. The summed E-state index contributed by atoms with van der Waals surface area (Å²) in [5.41, 5.74) is 11.2. The lowest BCUT2D eigenvalue weighted by Crippen LogP contribution is -2.33. The Morgan fingerprint density at radius 2 is 1.67 bits per heavy atom. The maximum absolute atomic E-state index is 10.3. The average molecular weight is 490 g/mol. The largest absolute Gasteiger partial charge is 0.480 e. The number of hydrogen-bond donors (Lipinski definition) is 6. The summed E-state index contributed by atoms with van der Waals surface area (Å²) in [5.74, 6) is -1.34. The highest BCUT2D eigenvalue weighted by Crippen LogP contribution is 2.21. The highest BCUT2D eigenvalue weighted by molar-refractivity contribution is 7.99. The zero-order chi connectivity index (χ0) is 21.7. The molecule has 0 amide bonds.